The fourth-order valence-corrected chi connectivity index (χ4v) is 2.47. The molecule has 0 spiro atoms. The Labute approximate surface area is 122 Å². The molecular weight excluding hydrogens is 264 g/mol. The summed E-state index contributed by atoms with van der Waals surface area (Å²) in [6.45, 7) is 5.26. The molecule has 0 atom stereocenters. The van der Waals surface area contributed by atoms with Gasteiger partial charge in [-0.15, -0.1) is 0 Å². The van der Waals surface area contributed by atoms with Gasteiger partial charge in [0.2, 0.25) is 0 Å². The fourth-order valence-electron chi connectivity index (χ4n) is 2.47. The number of carbonyl (C=O) groups excluding carboxylic acids is 1. The third kappa shape index (κ3) is 2.10. The number of oxime groups is 1. The Morgan fingerprint density at radius 1 is 1.10 bits per heavy atom. The molecule has 2 N–H and O–H groups in total. The van der Waals surface area contributed by atoms with Crippen LogP contribution in [-0.4, -0.2) is 16.8 Å². The molecule has 1 amide bonds. The van der Waals surface area contributed by atoms with Crippen molar-refractivity contribution in [1.82, 2.24) is 0 Å². The summed E-state index contributed by atoms with van der Waals surface area (Å²) in [6.07, 6.45) is 0. The first-order valence-electron chi connectivity index (χ1n) is 6.55. The number of fused-ring (bicyclic) bond motifs is 3. The number of rotatable bonds is 2. The molecule has 4 heteroatoms. The standard InChI is InChI=1S/C17H14N2O2/c1-10(2)17(20)18-11-7-8-13-12-5-3-4-6-14(12)16(19-21)15(13)9-11/h3-9,21H,1H2,2H3,(H,18,20)/b19-16-. The predicted molar refractivity (Wildman–Crippen MR) is 82.7 cm³/mol. The summed E-state index contributed by atoms with van der Waals surface area (Å²) >= 11 is 0. The lowest BCUT2D eigenvalue weighted by molar-refractivity contribution is -0.112. The Morgan fingerprint density at radius 2 is 1.76 bits per heavy atom. The molecule has 21 heavy (non-hydrogen) atoms. The first kappa shape index (κ1) is 13.1. The number of nitrogens with one attached hydrogen (secondary N) is 1. The van der Waals surface area contributed by atoms with E-state index in [1.54, 1.807) is 6.92 Å². The van der Waals surface area contributed by atoms with Gasteiger partial charge in [0, 0.05) is 22.4 Å². The topological polar surface area (TPSA) is 61.7 Å². The maximum absolute atomic E-state index is 11.7. The number of anilines is 1. The lowest BCUT2D eigenvalue weighted by atomic mass is 10.1. The van der Waals surface area contributed by atoms with Crippen LogP contribution in [0.4, 0.5) is 5.69 Å². The quantitative estimate of drug-likeness (QED) is 0.428. The molecule has 0 radical (unpaired) electrons. The fraction of sp³-hybridized carbons (Fsp3) is 0.0588. The molecule has 1 aliphatic rings. The highest BCUT2D eigenvalue weighted by atomic mass is 16.4. The van der Waals surface area contributed by atoms with Crippen LogP contribution in [0.3, 0.4) is 0 Å². The molecule has 0 aromatic heterocycles. The third-order valence-electron chi connectivity index (χ3n) is 3.49. The van der Waals surface area contributed by atoms with E-state index in [1.165, 1.54) is 0 Å². The van der Waals surface area contributed by atoms with Crippen molar-refractivity contribution in [2.24, 2.45) is 5.16 Å². The summed E-state index contributed by atoms with van der Waals surface area (Å²) in [5.74, 6) is -0.229. The molecular formula is C17H14N2O2. The van der Waals surface area contributed by atoms with Crippen molar-refractivity contribution in [2.45, 2.75) is 6.92 Å². The minimum atomic E-state index is -0.229. The van der Waals surface area contributed by atoms with Gasteiger partial charge in [0.05, 0.1) is 0 Å². The van der Waals surface area contributed by atoms with Gasteiger partial charge in [0.1, 0.15) is 5.71 Å². The van der Waals surface area contributed by atoms with Gasteiger partial charge >= 0.3 is 0 Å². The first-order chi connectivity index (χ1) is 10.1. The van der Waals surface area contributed by atoms with Crippen LogP contribution in [0.1, 0.15) is 18.1 Å². The van der Waals surface area contributed by atoms with E-state index in [9.17, 15) is 10.0 Å². The number of nitrogens with zero attached hydrogens (tertiary/aromatic N) is 1. The summed E-state index contributed by atoms with van der Waals surface area (Å²) in [5.41, 5.74) is 5.32. The number of hydrogen-bond donors (Lipinski definition) is 2. The average molecular weight is 278 g/mol. The Balaban J connectivity index is 2.07. The van der Waals surface area contributed by atoms with E-state index < -0.39 is 0 Å². The molecule has 0 saturated heterocycles. The smallest absolute Gasteiger partial charge is 0.250 e. The third-order valence-corrected chi connectivity index (χ3v) is 3.49. The molecule has 2 aromatic carbocycles. The van der Waals surface area contributed by atoms with Crippen molar-refractivity contribution >= 4 is 17.3 Å². The van der Waals surface area contributed by atoms with Crippen molar-refractivity contribution in [2.75, 3.05) is 5.32 Å². The molecule has 3 rings (SSSR count). The van der Waals surface area contributed by atoms with E-state index in [-0.39, 0.29) is 5.91 Å². The zero-order chi connectivity index (χ0) is 15.0. The van der Waals surface area contributed by atoms with Gasteiger partial charge in [0.15, 0.2) is 0 Å². The van der Waals surface area contributed by atoms with E-state index in [0.29, 0.717) is 17.0 Å². The van der Waals surface area contributed by atoms with Crippen LogP contribution < -0.4 is 5.32 Å². The minimum absolute atomic E-state index is 0.229. The number of hydrogen-bond acceptors (Lipinski definition) is 3. The lowest BCUT2D eigenvalue weighted by Gasteiger charge is -2.07. The summed E-state index contributed by atoms with van der Waals surface area (Å²) in [7, 11) is 0. The van der Waals surface area contributed by atoms with E-state index >= 15 is 0 Å². The minimum Gasteiger partial charge on any atom is -0.410 e. The van der Waals surface area contributed by atoms with Crippen molar-refractivity contribution in [1.29, 1.82) is 0 Å². The van der Waals surface area contributed by atoms with Gasteiger partial charge in [-0.1, -0.05) is 42.1 Å². The SMILES string of the molecule is C=C(C)C(=O)Nc1ccc2c(c1)/C(=N\O)c1ccccc1-2. The summed E-state index contributed by atoms with van der Waals surface area (Å²) in [6, 6.07) is 13.3. The maximum atomic E-state index is 11.7. The molecule has 1 aliphatic carbocycles. The molecule has 4 nitrogen and oxygen atoms in total. The molecule has 0 unspecified atom stereocenters. The second kappa shape index (κ2) is 4.90. The van der Waals surface area contributed by atoms with Gasteiger partial charge in [-0.3, -0.25) is 4.79 Å². The van der Waals surface area contributed by atoms with Crippen LogP contribution in [0, 0.1) is 0 Å². The molecule has 104 valence electrons. The molecule has 0 bridgehead atoms. The van der Waals surface area contributed by atoms with Crippen LogP contribution >= 0.6 is 0 Å². The first-order valence-corrected chi connectivity index (χ1v) is 6.55. The van der Waals surface area contributed by atoms with E-state index in [0.717, 1.165) is 22.3 Å². The van der Waals surface area contributed by atoms with E-state index in [1.807, 2.05) is 42.5 Å². The summed E-state index contributed by atoms with van der Waals surface area (Å²) in [5, 5.41) is 15.5. The van der Waals surface area contributed by atoms with Gasteiger partial charge in [-0.2, -0.15) is 0 Å². The summed E-state index contributed by atoms with van der Waals surface area (Å²) in [4.78, 5) is 11.7. The average Bonchev–Trinajstić information content (AvgIpc) is 2.80. The Hall–Kier alpha value is -2.88. The lowest BCUT2D eigenvalue weighted by Crippen LogP contribution is -2.12. The van der Waals surface area contributed by atoms with Crippen LogP contribution in [-0.2, 0) is 4.79 Å². The number of carbonyl (C=O) groups is 1. The van der Waals surface area contributed by atoms with Gasteiger partial charge in [-0.05, 0) is 30.2 Å². The monoisotopic (exact) mass is 278 g/mol. The van der Waals surface area contributed by atoms with Crippen molar-refractivity contribution in [3.05, 3.63) is 65.7 Å². The second-order valence-corrected chi connectivity index (χ2v) is 4.99. The van der Waals surface area contributed by atoms with Gasteiger partial charge < -0.3 is 10.5 Å². The van der Waals surface area contributed by atoms with Crippen LogP contribution in [0.2, 0.25) is 0 Å². The van der Waals surface area contributed by atoms with Crippen LogP contribution in [0.15, 0.2) is 59.8 Å². The molecule has 0 aliphatic heterocycles. The van der Waals surface area contributed by atoms with Crippen molar-refractivity contribution < 1.29 is 10.0 Å². The van der Waals surface area contributed by atoms with E-state index in [2.05, 4.69) is 17.1 Å². The van der Waals surface area contributed by atoms with Crippen LogP contribution in [0.5, 0.6) is 0 Å². The molecule has 0 heterocycles. The van der Waals surface area contributed by atoms with Crippen LogP contribution in [0.25, 0.3) is 11.1 Å². The highest BCUT2D eigenvalue weighted by molar-refractivity contribution is 6.24. The van der Waals surface area contributed by atoms with Gasteiger partial charge in [0.25, 0.3) is 5.91 Å². The Morgan fingerprint density at radius 3 is 2.43 bits per heavy atom. The van der Waals surface area contributed by atoms with Crippen molar-refractivity contribution in [3.63, 3.8) is 0 Å². The van der Waals surface area contributed by atoms with Crippen molar-refractivity contribution in [3.8, 4) is 11.1 Å². The largest absolute Gasteiger partial charge is 0.410 e. The highest BCUT2D eigenvalue weighted by Crippen LogP contribution is 2.38. The summed E-state index contributed by atoms with van der Waals surface area (Å²) < 4.78 is 0. The Bertz CT molecular complexity index is 791. The molecule has 2 aromatic rings. The van der Waals surface area contributed by atoms with E-state index in [4.69, 9.17) is 0 Å². The number of amides is 1. The zero-order valence-electron chi connectivity index (χ0n) is 11.6. The Kier molecular flexibility index (Phi) is 3.06. The zero-order valence-corrected chi connectivity index (χ0v) is 11.6. The molecule has 0 fully saturated rings. The van der Waals surface area contributed by atoms with Gasteiger partial charge in [-0.25, -0.2) is 0 Å². The maximum Gasteiger partial charge on any atom is 0.250 e. The predicted octanol–water partition coefficient (Wildman–Crippen LogP) is 3.41. The number of benzene rings is 2. The normalized spacial score (nSPS) is 13.7. The second-order valence-electron chi connectivity index (χ2n) is 4.99. The highest BCUT2D eigenvalue weighted by Gasteiger charge is 2.25. The molecule has 0 saturated carbocycles.